The maximum absolute atomic E-state index is 14.8. The van der Waals surface area contributed by atoms with Gasteiger partial charge in [-0.15, -0.1) is 0 Å². The number of hydrogen-bond donors (Lipinski definition) is 5. The number of carbonyl (C=O) groups excluding carboxylic acids is 3. The Morgan fingerprint density at radius 2 is 1.68 bits per heavy atom. The molecule has 2 aromatic carbocycles. The number of ether oxygens (including phenoxy) is 4. The summed E-state index contributed by atoms with van der Waals surface area (Å²) in [5.74, 6) is -7.14. The number of carbonyl (C=O) groups is 3. The minimum Gasteiger partial charge on any atom is -0.507 e. The van der Waals surface area contributed by atoms with Gasteiger partial charge in [0.2, 0.25) is 0 Å². The molecule has 4 aliphatic heterocycles. The van der Waals surface area contributed by atoms with Crippen LogP contribution in [0.5, 0.6) is 17.2 Å². The van der Waals surface area contributed by atoms with Gasteiger partial charge in [0, 0.05) is 101 Å². The lowest BCUT2D eigenvalue weighted by Gasteiger charge is -2.38. The third-order valence-electron chi connectivity index (χ3n) is 14.2. The van der Waals surface area contributed by atoms with Crippen LogP contribution in [0.25, 0.3) is 10.8 Å². The SMILES string of the molecule is CO[C@H]1C=CO[C@@]2(C)Oc3c(C)c(O)c4c(O)c(c5c(c4c3C2=O)NC2(CCN(CCn3c([N+](=O)[O-])cnc3C)CC2)N=5)=NC(=O)C(C)=CC=C[C@H](C)[C@H](O)[C@@H](C)[C@@H](O)[C@@H](C)[C@H](OC(C)=O)[C@@H]1C. The fourth-order valence-electron chi connectivity index (χ4n) is 9.88. The third-order valence-corrected chi connectivity index (χ3v) is 14.2. The lowest BCUT2D eigenvalue weighted by Crippen LogP contribution is -2.47. The Morgan fingerprint density at radius 1 is 0.985 bits per heavy atom. The molecule has 68 heavy (non-hydrogen) atoms. The second-order valence-corrected chi connectivity index (χ2v) is 18.7. The molecular formula is C48H61N7O13. The molecule has 1 aromatic heterocycles. The number of piperidine rings is 1. The number of nitro groups is 1. The zero-order valence-corrected chi connectivity index (χ0v) is 40.0. The number of aliphatic hydroxyl groups is 2. The highest BCUT2D eigenvalue weighted by atomic mass is 16.7. The zero-order chi connectivity index (χ0) is 49.7. The number of nitrogens with zero attached hydrogens (tertiary/aromatic N) is 6. The van der Waals surface area contributed by atoms with Crippen LogP contribution in [0.2, 0.25) is 0 Å². The van der Waals surface area contributed by atoms with Crippen molar-refractivity contribution in [3.05, 3.63) is 80.1 Å². The van der Waals surface area contributed by atoms with E-state index in [1.54, 1.807) is 51.3 Å². The van der Waals surface area contributed by atoms with E-state index in [4.69, 9.17) is 23.9 Å². The summed E-state index contributed by atoms with van der Waals surface area (Å²) in [6.45, 7) is 16.1. The fourth-order valence-corrected chi connectivity index (χ4v) is 9.88. The second-order valence-electron chi connectivity index (χ2n) is 18.7. The summed E-state index contributed by atoms with van der Waals surface area (Å²) in [6, 6.07) is 0. The molecule has 1 fully saturated rings. The fraction of sp³-hybridized carbons (Fsp3) is 0.542. The van der Waals surface area contributed by atoms with Crippen LogP contribution in [0.4, 0.5) is 11.5 Å². The van der Waals surface area contributed by atoms with Crippen LogP contribution in [0.3, 0.4) is 0 Å². The number of aromatic hydroxyl groups is 2. The number of hydrogen-bond acceptors (Lipinski definition) is 17. The summed E-state index contributed by atoms with van der Waals surface area (Å²) in [4.78, 5) is 68.2. The van der Waals surface area contributed by atoms with Crippen molar-refractivity contribution in [2.45, 2.75) is 118 Å². The number of phenolic OH excluding ortho intramolecular Hbond substituents is 2. The number of aromatic nitrogens is 2. The van der Waals surface area contributed by atoms with Gasteiger partial charge in [0.1, 0.15) is 46.7 Å². The molecule has 4 bridgehead atoms. The molecule has 1 saturated heterocycles. The van der Waals surface area contributed by atoms with Crippen molar-refractivity contribution in [2.24, 2.45) is 33.7 Å². The number of nitrogens with one attached hydrogen (secondary N) is 1. The number of rotatable bonds is 6. The van der Waals surface area contributed by atoms with E-state index in [0.29, 0.717) is 44.8 Å². The molecule has 7 rings (SSSR count). The summed E-state index contributed by atoms with van der Waals surface area (Å²) in [5, 5.41) is 62.0. The van der Waals surface area contributed by atoms with Gasteiger partial charge in [-0.25, -0.2) is 14.5 Å². The Labute approximate surface area is 392 Å². The molecule has 0 aliphatic carbocycles. The van der Waals surface area contributed by atoms with Crippen molar-refractivity contribution in [1.29, 1.82) is 0 Å². The molecule has 1 amide bonds. The van der Waals surface area contributed by atoms with Gasteiger partial charge >= 0.3 is 17.6 Å². The van der Waals surface area contributed by atoms with Crippen LogP contribution in [0.1, 0.15) is 83.1 Å². The number of esters is 1. The van der Waals surface area contributed by atoms with E-state index in [1.807, 2.05) is 0 Å². The number of benzene rings is 2. The first kappa shape index (κ1) is 49.7. The lowest BCUT2D eigenvalue weighted by atomic mass is 9.78. The monoisotopic (exact) mass is 943 g/mol. The number of aryl methyl sites for hydroxylation is 1. The summed E-state index contributed by atoms with van der Waals surface area (Å²) >= 11 is 0. The van der Waals surface area contributed by atoms with Gasteiger partial charge in [-0.3, -0.25) is 24.3 Å². The molecule has 4 aliphatic rings. The lowest BCUT2D eigenvalue weighted by molar-refractivity contribution is -0.392. The Hall–Kier alpha value is -6.22. The van der Waals surface area contributed by atoms with Gasteiger partial charge in [0.25, 0.3) is 11.7 Å². The van der Waals surface area contributed by atoms with E-state index in [2.05, 4.69) is 20.2 Å². The Bertz CT molecular complexity index is 2760. The Kier molecular flexibility index (Phi) is 13.9. The van der Waals surface area contributed by atoms with E-state index in [9.17, 15) is 44.9 Å². The highest BCUT2D eigenvalue weighted by molar-refractivity contribution is 6.21. The molecule has 5 N–H and O–H groups in total. The predicted molar refractivity (Wildman–Crippen MR) is 246 cm³/mol. The summed E-state index contributed by atoms with van der Waals surface area (Å²) in [5.41, 5.74) is -0.539. The number of phenols is 2. The molecule has 0 unspecified atom stereocenters. The number of ketones is 1. The first-order chi connectivity index (χ1) is 32.0. The zero-order valence-electron chi connectivity index (χ0n) is 40.0. The average Bonchev–Trinajstić information content (AvgIpc) is 3.95. The van der Waals surface area contributed by atoms with Gasteiger partial charge < -0.3 is 54.8 Å². The highest BCUT2D eigenvalue weighted by Crippen LogP contribution is 2.51. The number of likely N-dealkylation sites (tertiary alicyclic amines) is 1. The molecule has 3 aromatic rings. The number of imidazole rings is 1. The first-order valence-corrected chi connectivity index (χ1v) is 22.8. The summed E-state index contributed by atoms with van der Waals surface area (Å²) in [7, 11) is 1.45. The smallest absolute Gasteiger partial charge is 0.342 e. The van der Waals surface area contributed by atoms with Crippen molar-refractivity contribution in [2.75, 3.05) is 32.1 Å². The number of allylic oxidation sites excluding steroid dienone is 2. The number of anilines is 1. The van der Waals surface area contributed by atoms with Crippen molar-refractivity contribution in [3.63, 3.8) is 0 Å². The van der Waals surface area contributed by atoms with Gasteiger partial charge in [-0.05, 0) is 24.8 Å². The van der Waals surface area contributed by atoms with Crippen molar-refractivity contribution < 1.29 is 58.7 Å². The largest absolute Gasteiger partial charge is 0.507 e. The molecule has 20 nitrogen and oxygen atoms in total. The predicted octanol–water partition coefficient (Wildman–Crippen LogP) is 4.21. The minimum absolute atomic E-state index is 0.00394. The molecule has 1 spiro atoms. The molecule has 0 saturated carbocycles. The van der Waals surface area contributed by atoms with Crippen molar-refractivity contribution in [3.8, 4) is 17.2 Å². The topological polar surface area (TPSA) is 270 Å². The number of methoxy groups -OCH3 is 1. The average molecular weight is 944 g/mol. The Morgan fingerprint density at radius 3 is 2.32 bits per heavy atom. The molecule has 366 valence electrons. The third kappa shape index (κ3) is 8.97. The Balaban J connectivity index is 1.34. The van der Waals surface area contributed by atoms with E-state index >= 15 is 0 Å². The van der Waals surface area contributed by atoms with Crippen LogP contribution in [-0.2, 0) is 30.3 Å². The minimum atomic E-state index is -2.01. The quantitative estimate of drug-likeness (QED) is 0.100. The van der Waals surface area contributed by atoms with Crippen LogP contribution in [0, 0.1) is 47.6 Å². The van der Waals surface area contributed by atoms with Crippen LogP contribution in [0.15, 0.2) is 52.3 Å². The van der Waals surface area contributed by atoms with Crippen LogP contribution in [-0.4, -0.2) is 120 Å². The normalized spacial score (nSPS) is 28.7. The second kappa shape index (κ2) is 19.0. The standard InChI is InChI=1S/C48H61N7O13/c1-23-12-11-13-24(2)46(62)50-38-37-36(51-48(52-37)15-17-53(18-16-48)19-20-54-29(7)49-22-32(54)55(63)64)33-34(42(38)60)41(59)28(6)44-35(33)45(61)47(9,68-44)66-21-14-31(65-10)25(3)43(67-30(8)56)27(5)40(58)26(4)39(23)57/h11-14,21-23,25-27,31,39-40,43,51,57-60H,15-20H2,1-10H3/t23-,25+,26+,27+,31-,39-,40+,43+,47-/m0/s1. The van der Waals surface area contributed by atoms with Gasteiger partial charge in [-0.2, -0.15) is 0 Å². The molecule has 0 radical (unpaired) electrons. The number of Topliss-reactive ketones (excluding diaryl/α,β-unsaturated/α-hetero) is 1. The van der Waals surface area contributed by atoms with Gasteiger partial charge in [0.15, 0.2) is 11.6 Å². The molecule has 9 atom stereocenters. The summed E-state index contributed by atoms with van der Waals surface area (Å²) in [6.07, 6.45) is 5.65. The van der Waals surface area contributed by atoms with Gasteiger partial charge in [0.05, 0.1) is 41.2 Å². The number of amides is 1. The van der Waals surface area contributed by atoms with Crippen LogP contribution >= 0.6 is 0 Å². The molecule has 5 heterocycles. The van der Waals surface area contributed by atoms with Gasteiger partial charge in [-0.1, -0.05) is 45.9 Å². The number of aliphatic hydroxyl groups excluding tert-OH is 2. The summed E-state index contributed by atoms with van der Waals surface area (Å²) < 4.78 is 25.6. The van der Waals surface area contributed by atoms with Crippen molar-refractivity contribution >= 4 is 39.9 Å². The molecular weight excluding hydrogens is 883 g/mol. The van der Waals surface area contributed by atoms with E-state index in [1.165, 1.54) is 59.4 Å². The maximum Gasteiger partial charge on any atom is 0.342 e. The maximum atomic E-state index is 14.8. The highest BCUT2D eigenvalue weighted by Gasteiger charge is 2.51. The van der Waals surface area contributed by atoms with Crippen LogP contribution < -0.4 is 20.8 Å². The molecule has 20 heteroatoms. The van der Waals surface area contributed by atoms with E-state index in [0.717, 1.165) is 0 Å². The van der Waals surface area contributed by atoms with E-state index in [-0.39, 0.29) is 55.4 Å². The first-order valence-electron chi connectivity index (χ1n) is 22.8. The van der Waals surface area contributed by atoms with E-state index < -0.39 is 93.6 Å². The van der Waals surface area contributed by atoms with Crippen molar-refractivity contribution in [1.82, 2.24) is 14.5 Å². The number of fused-ring (bicyclic) bond motifs is 1.